The summed E-state index contributed by atoms with van der Waals surface area (Å²) in [5, 5.41) is 0. The lowest BCUT2D eigenvalue weighted by Gasteiger charge is -1.90. The van der Waals surface area contributed by atoms with Gasteiger partial charge in [-0.2, -0.15) is 0 Å². The highest BCUT2D eigenvalue weighted by Gasteiger charge is 2.10. The number of esters is 4. The van der Waals surface area contributed by atoms with Gasteiger partial charge in [0.25, 0.3) is 0 Å². The van der Waals surface area contributed by atoms with E-state index in [1.165, 1.54) is 0 Å². The van der Waals surface area contributed by atoms with Gasteiger partial charge in [0.2, 0.25) is 0 Å². The fourth-order valence-electron chi connectivity index (χ4n) is 0.486. The maximum Gasteiger partial charge on any atom is 0.338 e. The molecule has 1 heterocycles. The van der Waals surface area contributed by atoms with Gasteiger partial charge in [0.05, 0.1) is 0 Å². The molecule has 6 nitrogen and oxygen atoms in total. The Morgan fingerprint density at radius 3 is 1.62 bits per heavy atom. The molecule has 16 heavy (non-hydrogen) atoms. The van der Waals surface area contributed by atoms with Gasteiger partial charge in [-0.1, -0.05) is 13.2 Å². The molecule has 0 amide bonds. The maximum absolute atomic E-state index is 10.2. The molecule has 0 aromatic carbocycles. The van der Waals surface area contributed by atoms with E-state index < -0.39 is 23.9 Å². The summed E-state index contributed by atoms with van der Waals surface area (Å²) in [4.78, 5) is 40.2. The molecule has 1 aliphatic heterocycles. The monoisotopic (exact) mass is 224 g/mol. The van der Waals surface area contributed by atoms with Gasteiger partial charge in [-0.15, -0.1) is 0 Å². The van der Waals surface area contributed by atoms with Gasteiger partial charge in [-0.25, -0.2) is 19.2 Å². The predicted octanol–water partition coefficient (Wildman–Crippen LogP) is 0.0542. The average molecular weight is 224 g/mol. The maximum atomic E-state index is 10.2. The average Bonchev–Trinajstić information content (AvgIpc) is 2.63. The smallest absolute Gasteiger partial charge is 0.338 e. The summed E-state index contributed by atoms with van der Waals surface area (Å²) in [5.41, 5.74) is 0. The Kier molecular flexibility index (Phi) is 5.81. The van der Waals surface area contributed by atoms with Crippen molar-refractivity contribution >= 4 is 23.9 Å². The molecule has 0 aromatic rings. The van der Waals surface area contributed by atoms with Crippen LogP contribution in [0.2, 0.25) is 0 Å². The minimum atomic E-state index is -0.764. The van der Waals surface area contributed by atoms with Gasteiger partial charge in [-0.05, 0) is 0 Å². The lowest BCUT2D eigenvalue weighted by atomic mass is 10.6. The number of cyclic esters (lactones) is 2. The van der Waals surface area contributed by atoms with Crippen molar-refractivity contribution in [1.82, 2.24) is 0 Å². The Bertz CT molecular complexity index is 343. The fourth-order valence-corrected chi connectivity index (χ4v) is 0.486. The largest absolute Gasteiger partial charge is 0.387 e. The minimum absolute atomic E-state index is 0.579. The van der Waals surface area contributed by atoms with Crippen LogP contribution in [0.1, 0.15) is 0 Å². The van der Waals surface area contributed by atoms with Crippen molar-refractivity contribution in [2.75, 3.05) is 0 Å². The second-order valence-corrected chi connectivity index (χ2v) is 2.22. The SMILES string of the molecule is C=CC(=O)OC(=O)C=C.O=C1C=CC(=O)O1. The van der Waals surface area contributed by atoms with Gasteiger partial charge in [0.1, 0.15) is 0 Å². The van der Waals surface area contributed by atoms with E-state index in [1.807, 2.05) is 0 Å². The van der Waals surface area contributed by atoms with Crippen LogP contribution in [0.4, 0.5) is 0 Å². The standard InChI is InChI=1S/C6H6O3.C4H2O3/c1-3-5(7)9-6(8)4-2;5-3-1-2-4(6)7-3/h3-4H,1-2H2;1-2H. The lowest BCUT2D eigenvalue weighted by molar-refractivity contribution is -0.153. The minimum Gasteiger partial charge on any atom is -0.387 e. The number of rotatable bonds is 2. The van der Waals surface area contributed by atoms with Crippen molar-refractivity contribution in [3.63, 3.8) is 0 Å². The van der Waals surface area contributed by atoms with Crippen LogP contribution >= 0.6 is 0 Å². The number of carbonyl (C=O) groups is 4. The second kappa shape index (κ2) is 6.88. The Labute approximate surface area is 90.8 Å². The van der Waals surface area contributed by atoms with Crippen LogP contribution in [-0.4, -0.2) is 23.9 Å². The molecule has 0 fully saturated rings. The number of carbonyl (C=O) groups excluding carboxylic acids is 4. The van der Waals surface area contributed by atoms with Crippen LogP contribution in [0.15, 0.2) is 37.5 Å². The van der Waals surface area contributed by atoms with E-state index in [2.05, 4.69) is 22.6 Å². The molecule has 84 valence electrons. The Balaban J connectivity index is 0.000000288. The molecule has 1 rings (SSSR count). The molecule has 0 aliphatic carbocycles. The summed E-state index contributed by atoms with van der Waals surface area (Å²) < 4.78 is 8.01. The highest BCUT2D eigenvalue weighted by Crippen LogP contribution is 1.92. The molecule has 0 aromatic heterocycles. The quantitative estimate of drug-likeness (QED) is 0.374. The molecule has 0 radical (unpaired) electrons. The molecule has 0 atom stereocenters. The zero-order valence-electron chi connectivity index (χ0n) is 8.17. The first-order chi connectivity index (χ1) is 7.49. The van der Waals surface area contributed by atoms with E-state index in [4.69, 9.17) is 0 Å². The highest BCUT2D eigenvalue weighted by molar-refractivity contribution is 6.04. The van der Waals surface area contributed by atoms with Crippen molar-refractivity contribution in [3.05, 3.63) is 37.5 Å². The lowest BCUT2D eigenvalue weighted by Crippen LogP contribution is -2.05. The molecule has 1 aliphatic rings. The molecule has 0 spiro atoms. The van der Waals surface area contributed by atoms with Gasteiger partial charge in [0.15, 0.2) is 0 Å². The van der Waals surface area contributed by atoms with E-state index in [0.717, 1.165) is 24.3 Å². The number of hydrogen-bond donors (Lipinski definition) is 0. The van der Waals surface area contributed by atoms with Crippen LogP contribution in [0.25, 0.3) is 0 Å². The van der Waals surface area contributed by atoms with Gasteiger partial charge in [0, 0.05) is 24.3 Å². The molecule has 0 N–H and O–H groups in total. The summed E-state index contributed by atoms with van der Waals surface area (Å²) >= 11 is 0. The van der Waals surface area contributed by atoms with Crippen LogP contribution in [0, 0.1) is 0 Å². The molecular weight excluding hydrogens is 216 g/mol. The van der Waals surface area contributed by atoms with Crippen molar-refractivity contribution < 1.29 is 28.7 Å². The zero-order valence-corrected chi connectivity index (χ0v) is 8.17. The third kappa shape index (κ3) is 6.03. The molecule has 0 unspecified atom stereocenters. The molecular formula is C10H8O6. The molecule has 0 saturated heterocycles. The van der Waals surface area contributed by atoms with Gasteiger partial charge < -0.3 is 9.47 Å². The topological polar surface area (TPSA) is 86.7 Å². The van der Waals surface area contributed by atoms with Crippen LogP contribution in [0.5, 0.6) is 0 Å². The van der Waals surface area contributed by atoms with Crippen molar-refractivity contribution in [2.45, 2.75) is 0 Å². The normalized spacial score (nSPS) is 12.0. The first-order valence-electron chi connectivity index (χ1n) is 3.94. The Morgan fingerprint density at radius 1 is 1.06 bits per heavy atom. The molecule has 0 bridgehead atoms. The zero-order chi connectivity index (χ0) is 12.6. The van der Waals surface area contributed by atoms with Crippen molar-refractivity contribution in [3.8, 4) is 0 Å². The van der Waals surface area contributed by atoms with Crippen molar-refractivity contribution in [2.24, 2.45) is 0 Å². The van der Waals surface area contributed by atoms with E-state index in [9.17, 15) is 19.2 Å². The number of hydrogen-bond acceptors (Lipinski definition) is 6. The van der Waals surface area contributed by atoms with E-state index in [0.29, 0.717) is 0 Å². The molecule has 6 heteroatoms. The summed E-state index contributed by atoms with van der Waals surface area (Å²) in [6.07, 6.45) is 3.98. The summed E-state index contributed by atoms with van der Waals surface area (Å²) in [5.74, 6) is -2.69. The first-order valence-corrected chi connectivity index (χ1v) is 3.94. The van der Waals surface area contributed by atoms with Crippen molar-refractivity contribution in [1.29, 1.82) is 0 Å². The highest BCUT2D eigenvalue weighted by atomic mass is 16.6. The van der Waals surface area contributed by atoms with Crippen LogP contribution in [-0.2, 0) is 28.7 Å². The van der Waals surface area contributed by atoms with E-state index in [1.54, 1.807) is 0 Å². The third-order valence-electron chi connectivity index (χ3n) is 1.09. The molecule has 0 saturated carbocycles. The fraction of sp³-hybridized carbons (Fsp3) is 0. The summed E-state index contributed by atoms with van der Waals surface area (Å²) in [7, 11) is 0. The summed E-state index contributed by atoms with van der Waals surface area (Å²) in [6.45, 7) is 6.17. The summed E-state index contributed by atoms with van der Waals surface area (Å²) in [6, 6.07) is 0. The van der Waals surface area contributed by atoms with E-state index in [-0.39, 0.29) is 0 Å². The van der Waals surface area contributed by atoms with Crippen LogP contribution < -0.4 is 0 Å². The Morgan fingerprint density at radius 2 is 1.44 bits per heavy atom. The van der Waals surface area contributed by atoms with Gasteiger partial charge in [-0.3, -0.25) is 0 Å². The van der Waals surface area contributed by atoms with Gasteiger partial charge >= 0.3 is 23.9 Å². The third-order valence-corrected chi connectivity index (χ3v) is 1.09. The van der Waals surface area contributed by atoms with E-state index >= 15 is 0 Å². The second-order valence-electron chi connectivity index (χ2n) is 2.22. The number of ether oxygens (including phenoxy) is 2. The van der Waals surface area contributed by atoms with Crippen LogP contribution in [0.3, 0.4) is 0 Å². The first kappa shape index (κ1) is 13.5. The Hall–Kier alpha value is -2.50. The predicted molar refractivity (Wildman–Crippen MR) is 51.7 cm³/mol.